The molecule has 0 unspecified atom stereocenters. The van der Waals surface area contributed by atoms with Crippen molar-refractivity contribution in [3.63, 3.8) is 0 Å². The molecule has 130 valence electrons. The molecule has 0 saturated carbocycles. The quantitative estimate of drug-likeness (QED) is 0.651. The van der Waals surface area contributed by atoms with Crippen LogP contribution in [-0.4, -0.2) is 42.5 Å². The molecule has 0 bridgehead atoms. The van der Waals surface area contributed by atoms with Crippen LogP contribution in [0.25, 0.3) is 0 Å². The van der Waals surface area contributed by atoms with E-state index in [1.165, 1.54) is 4.31 Å². The van der Waals surface area contributed by atoms with Gasteiger partial charge in [-0.1, -0.05) is 6.08 Å². The van der Waals surface area contributed by atoms with Crippen LogP contribution in [0, 0.1) is 0 Å². The van der Waals surface area contributed by atoms with Gasteiger partial charge in [0.2, 0.25) is 10.0 Å². The van der Waals surface area contributed by atoms with E-state index in [4.69, 9.17) is 4.74 Å². The normalized spacial score (nSPS) is 11.6. The Labute approximate surface area is 143 Å². The first-order valence-electron chi connectivity index (χ1n) is 7.69. The van der Waals surface area contributed by atoms with Gasteiger partial charge < -0.3 is 9.30 Å². The van der Waals surface area contributed by atoms with Crippen LogP contribution in [0.2, 0.25) is 0 Å². The molecule has 1 aromatic heterocycles. The Hall–Kier alpha value is -2.12. The predicted molar refractivity (Wildman–Crippen MR) is 93.5 cm³/mol. The second-order valence-electron chi connectivity index (χ2n) is 5.43. The highest BCUT2D eigenvalue weighted by molar-refractivity contribution is 7.89. The number of hydrogen-bond donors (Lipinski definition) is 0. The summed E-state index contributed by atoms with van der Waals surface area (Å²) in [6.45, 7) is 4.37. The number of aromatic nitrogens is 2. The van der Waals surface area contributed by atoms with Crippen molar-refractivity contribution < 1.29 is 13.2 Å². The van der Waals surface area contributed by atoms with Gasteiger partial charge in [0.25, 0.3) is 0 Å². The first kappa shape index (κ1) is 18.2. The van der Waals surface area contributed by atoms with Crippen LogP contribution in [0.15, 0.2) is 54.3 Å². The minimum Gasteiger partial charge on any atom is -0.497 e. The summed E-state index contributed by atoms with van der Waals surface area (Å²) in [5, 5.41) is 0. The number of imidazole rings is 1. The molecule has 2 aromatic rings. The number of nitrogens with zero attached hydrogens (tertiary/aromatic N) is 3. The molecule has 0 amide bonds. The van der Waals surface area contributed by atoms with Crippen LogP contribution in [0.5, 0.6) is 5.75 Å². The van der Waals surface area contributed by atoms with Crippen LogP contribution < -0.4 is 4.74 Å². The molecule has 0 saturated heterocycles. The minimum atomic E-state index is -3.56. The number of aryl methyl sites for hydroxylation is 2. The highest BCUT2D eigenvalue weighted by Gasteiger charge is 2.23. The fraction of sp³-hybridized carbons (Fsp3) is 0.353. The Balaban J connectivity index is 2.09. The number of hydrogen-bond acceptors (Lipinski definition) is 4. The third-order valence-corrected chi connectivity index (χ3v) is 5.67. The van der Waals surface area contributed by atoms with E-state index in [0.29, 0.717) is 18.7 Å². The average Bonchev–Trinajstić information content (AvgIpc) is 2.99. The largest absolute Gasteiger partial charge is 0.497 e. The van der Waals surface area contributed by atoms with Crippen molar-refractivity contribution in [2.24, 2.45) is 7.05 Å². The van der Waals surface area contributed by atoms with E-state index >= 15 is 0 Å². The van der Waals surface area contributed by atoms with Crippen LogP contribution in [-0.2, 0) is 23.5 Å². The third kappa shape index (κ3) is 4.24. The summed E-state index contributed by atoms with van der Waals surface area (Å²) in [5.41, 5.74) is 1.08. The van der Waals surface area contributed by atoms with Gasteiger partial charge in [-0.3, -0.25) is 0 Å². The third-order valence-electron chi connectivity index (χ3n) is 3.79. The van der Waals surface area contributed by atoms with Gasteiger partial charge in [-0.05, 0) is 37.1 Å². The van der Waals surface area contributed by atoms with Crippen LogP contribution in [0.3, 0.4) is 0 Å². The molecule has 0 fully saturated rings. The van der Waals surface area contributed by atoms with E-state index in [1.54, 1.807) is 50.0 Å². The van der Waals surface area contributed by atoms with E-state index in [9.17, 15) is 8.42 Å². The van der Waals surface area contributed by atoms with E-state index in [0.717, 1.165) is 12.1 Å². The molecular weight excluding hydrogens is 326 g/mol. The van der Waals surface area contributed by atoms with Gasteiger partial charge in [0.1, 0.15) is 5.75 Å². The number of benzene rings is 1. The molecule has 0 atom stereocenters. The summed E-state index contributed by atoms with van der Waals surface area (Å²) in [4.78, 5) is 4.33. The zero-order chi connectivity index (χ0) is 17.6. The minimum absolute atomic E-state index is 0.255. The molecule has 0 aliphatic carbocycles. The summed E-state index contributed by atoms with van der Waals surface area (Å²) in [5.74, 6) is 0.625. The van der Waals surface area contributed by atoms with Crippen molar-refractivity contribution >= 4 is 10.0 Å². The Bertz CT molecular complexity index is 767. The fourth-order valence-corrected chi connectivity index (χ4v) is 3.86. The first-order valence-corrected chi connectivity index (χ1v) is 9.13. The molecule has 0 aliphatic heterocycles. The lowest BCUT2D eigenvalue weighted by atomic mass is 10.2. The standard InChI is InChI=1S/C17H23N3O3S/c1-4-11-20(12-5-6-15-13-18-14-19(15)2)24(21,22)17-9-7-16(23-3)8-10-17/h4,7-10,13-14H,1,5-6,11-12H2,2-3H3. The Kier molecular flexibility index (Phi) is 6.16. The van der Waals surface area contributed by atoms with Crippen molar-refractivity contribution in [1.82, 2.24) is 13.9 Å². The monoisotopic (exact) mass is 349 g/mol. The fourth-order valence-electron chi connectivity index (χ4n) is 2.41. The Morgan fingerprint density at radius 3 is 2.58 bits per heavy atom. The zero-order valence-corrected chi connectivity index (χ0v) is 14.9. The molecule has 0 N–H and O–H groups in total. The smallest absolute Gasteiger partial charge is 0.243 e. The second-order valence-corrected chi connectivity index (χ2v) is 7.36. The van der Waals surface area contributed by atoms with Gasteiger partial charge in [0.05, 0.1) is 18.3 Å². The van der Waals surface area contributed by atoms with Crippen LogP contribution in [0.1, 0.15) is 12.1 Å². The van der Waals surface area contributed by atoms with Crippen LogP contribution in [0.4, 0.5) is 0 Å². The molecule has 24 heavy (non-hydrogen) atoms. The summed E-state index contributed by atoms with van der Waals surface area (Å²) in [7, 11) is -0.0792. The SMILES string of the molecule is C=CCN(CCCc1cncn1C)S(=O)(=O)c1ccc(OC)cc1. The molecule has 6 nitrogen and oxygen atoms in total. The average molecular weight is 349 g/mol. The van der Waals surface area contributed by atoms with E-state index < -0.39 is 10.0 Å². The van der Waals surface area contributed by atoms with Crippen LogP contribution >= 0.6 is 0 Å². The molecule has 0 aliphatic rings. The molecule has 2 rings (SSSR count). The Morgan fingerprint density at radius 1 is 1.33 bits per heavy atom. The predicted octanol–water partition coefficient (Wildman–Crippen LogP) is 2.24. The maximum Gasteiger partial charge on any atom is 0.243 e. The van der Waals surface area contributed by atoms with Gasteiger partial charge in [0, 0.05) is 32.0 Å². The number of ether oxygens (including phenoxy) is 1. The maximum atomic E-state index is 12.8. The van der Waals surface area contributed by atoms with E-state index in [2.05, 4.69) is 11.6 Å². The van der Waals surface area contributed by atoms with Gasteiger partial charge in [0.15, 0.2) is 0 Å². The highest BCUT2D eigenvalue weighted by atomic mass is 32.2. The summed E-state index contributed by atoms with van der Waals surface area (Å²) >= 11 is 0. The summed E-state index contributed by atoms with van der Waals surface area (Å²) < 4.78 is 34.1. The molecular formula is C17H23N3O3S. The van der Waals surface area contributed by atoms with Gasteiger partial charge >= 0.3 is 0 Å². The van der Waals surface area contributed by atoms with Crippen molar-refractivity contribution in [1.29, 1.82) is 0 Å². The lowest BCUT2D eigenvalue weighted by Gasteiger charge is -2.21. The molecule has 1 aromatic carbocycles. The highest BCUT2D eigenvalue weighted by Crippen LogP contribution is 2.20. The maximum absolute atomic E-state index is 12.8. The van der Waals surface area contributed by atoms with Crippen molar-refractivity contribution in [3.8, 4) is 5.75 Å². The molecule has 0 spiro atoms. The molecule has 1 heterocycles. The Morgan fingerprint density at radius 2 is 2.04 bits per heavy atom. The van der Waals surface area contributed by atoms with E-state index in [1.807, 2.05) is 11.6 Å². The van der Waals surface area contributed by atoms with Gasteiger partial charge in [-0.25, -0.2) is 13.4 Å². The summed E-state index contributed by atoms with van der Waals surface area (Å²) in [6, 6.07) is 6.42. The lowest BCUT2D eigenvalue weighted by molar-refractivity contribution is 0.414. The topological polar surface area (TPSA) is 64.4 Å². The van der Waals surface area contributed by atoms with E-state index in [-0.39, 0.29) is 11.4 Å². The van der Waals surface area contributed by atoms with Crippen molar-refractivity contribution in [3.05, 3.63) is 55.1 Å². The zero-order valence-electron chi connectivity index (χ0n) is 14.1. The lowest BCUT2D eigenvalue weighted by Crippen LogP contribution is -2.32. The second kappa shape index (κ2) is 8.12. The number of rotatable bonds is 9. The van der Waals surface area contributed by atoms with Gasteiger partial charge in [-0.2, -0.15) is 4.31 Å². The number of methoxy groups -OCH3 is 1. The van der Waals surface area contributed by atoms with Crippen molar-refractivity contribution in [2.75, 3.05) is 20.2 Å². The van der Waals surface area contributed by atoms with Gasteiger partial charge in [-0.15, -0.1) is 6.58 Å². The van der Waals surface area contributed by atoms with Crippen molar-refractivity contribution in [2.45, 2.75) is 17.7 Å². The first-order chi connectivity index (χ1) is 11.5. The number of sulfonamides is 1. The summed E-state index contributed by atoms with van der Waals surface area (Å²) in [6.07, 6.45) is 6.62. The molecule has 0 radical (unpaired) electrons. The molecule has 7 heteroatoms.